The van der Waals surface area contributed by atoms with Gasteiger partial charge in [0.15, 0.2) is 0 Å². The Morgan fingerprint density at radius 1 is 1.00 bits per heavy atom. The Balaban J connectivity index is 1.45. The van der Waals surface area contributed by atoms with E-state index in [9.17, 15) is 9.59 Å². The topological polar surface area (TPSA) is 98.2 Å². The average molecular weight is 423 g/mol. The quantitative estimate of drug-likeness (QED) is 0.403. The van der Waals surface area contributed by atoms with Crippen LogP contribution in [0.4, 0.5) is 5.69 Å². The normalized spacial score (nSPS) is 13.5. The minimum absolute atomic E-state index is 0.281. The third kappa shape index (κ3) is 3.24. The van der Waals surface area contributed by atoms with Crippen molar-refractivity contribution in [1.82, 2.24) is 10.1 Å². The molecule has 6 rings (SSSR count). The summed E-state index contributed by atoms with van der Waals surface area (Å²) >= 11 is 0. The lowest BCUT2D eigenvalue weighted by Crippen LogP contribution is -2.13. The predicted molar refractivity (Wildman–Crippen MR) is 120 cm³/mol. The lowest BCUT2D eigenvalue weighted by Gasteiger charge is -2.09. The number of nitrogens with one attached hydrogen (secondary N) is 1. The van der Waals surface area contributed by atoms with Gasteiger partial charge in [0.05, 0.1) is 10.9 Å². The molecule has 3 heterocycles. The van der Waals surface area contributed by atoms with E-state index in [1.165, 1.54) is 6.07 Å². The fourth-order valence-corrected chi connectivity index (χ4v) is 3.88. The first-order valence-corrected chi connectivity index (χ1v) is 10.4. The molecule has 7 heteroatoms. The van der Waals surface area contributed by atoms with Crippen LogP contribution < -0.4 is 10.9 Å². The summed E-state index contributed by atoms with van der Waals surface area (Å²) in [7, 11) is 0. The second kappa shape index (κ2) is 7.16. The Morgan fingerprint density at radius 3 is 2.66 bits per heavy atom. The number of pyridine rings is 1. The van der Waals surface area contributed by atoms with Crippen LogP contribution in [-0.4, -0.2) is 16.0 Å². The van der Waals surface area contributed by atoms with E-state index in [2.05, 4.69) is 15.5 Å². The van der Waals surface area contributed by atoms with E-state index in [4.69, 9.17) is 8.94 Å². The summed E-state index contributed by atoms with van der Waals surface area (Å²) in [5.74, 6) is 0.0659. The first kappa shape index (κ1) is 18.5. The van der Waals surface area contributed by atoms with Crippen molar-refractivity contribution < 1.29 is 13.7 Å². The molecule has 1 saturated carbocycles. The molecular formula is C25H17N3O4. The van der Waals surface area contributed by atoms with Crippen LogP contribution in [0.5, 0.6) is 0 Å². The summed E-state index contributed by atoms with van der Waals surface area (Å²) in [5, 5.41) is 8.49. The van der Waals surface area contributed by atoms with E-state index in [1.807, 2.05) is 36.4 Å². The number of aromatic nitrogens is 2. The smallest absolute Gasteiger partial charge is 0.336 e. The highest BCUT2D eigenvalue weighted by molar-refractivity contribution is 6.15. The molecule has 156 valence electrons. The van der Waals surface area contributed by atoms with Crippen molar-refractivity contribution in [2.45, 2.75) is 18.8 Å². The minimum Gasteiger partial charge on any atom is -0.423 e. The fourth-order valence-electron chi connectivity index (χ4n) is 3.88. The number of hydrogen-bond donors (Lipinski definition) is 1. The zero-order valence-corrected chi connectivity index (χ0v) is 16.9. The van der Waals surface area contributed by atoms with Crippen molar-refractivity contribution >= 4 is 33.7 Å². The van der Waals surface area contributed by atoms with Gasteiger partial charge in [-0.1, -0.05) is 35.5 Å². The molecule has 2 aromatic carbocycles. The van der Waals surface area contributed by atoms with Gasteiger partial charge >= 0.3 is 5.63 Å². The number of carbonyl (C=O) groups is 1. The van der Waals surface area contributed by atoms with Crippen LogP contribution in [0.2, 0.25) is 0 Å². The maximum Gasteiger partial charge on any atom is 0.336 e. The van der Waals surface area contributed by atoms with Gasteiger partial charge in [0.2, 0.25) is 0 Å². The molecule has 7 nitrogen and oxygen atoms in total. The summed E-state index contributed by atoms with van der Waals surface area (Å²) in [5.41, 5.74) is 3.74. The fraction of sp³-hybridized carbons (Fsp3) is 0.120. The summed E-state index contributed by atoms with van der Waals surface area (Å²) in [6.45, 7) is 0. The monoisotopic (exact) mass is 423 g/mol. The molecular weight excluding hydrogens is 406 g/mol. The third-order valence-corrected chi connectivity index (χ3v) is 5.63. The van der Waals surface area contributed by atoms with Gasteiger partial charge in [-0.15, -0.1) is 0 Å². The van der Waals surface area contributed by atoms with Crippen molar-refractivity contribution in [2.75, 3.05) is 5.32 Å². The van der Waals surface area contributed by atoms with Gasteiger partial charge in [0.1, 0.15) is 11.3 Å². The number of benzene rings is 2. The van der Waals surface area contributed by atoms with E-state index in [1.54, 1.807) is 24.3 Å². The molecule has 1 aliphatic carbocycles. The molecule has 0 radical (unpaired) electrons. The molecule has 5 aromatic rings. The van der Waals surface area contributed by atoms with Crippen LogP contribution in [0.1, 0.15) is 34.8 Å². The lowest BCUT2D eigenvalue weighted by atomic mass is 10.0. The van der Waals surface area contributed by atoms with Gasteiger partial charge in [0.25, 0.3) is 11.6 Å². The molecule has 0 unspecified atom stereocenters. The first-order valence-electron chi connectivity index (χ1n) is 10.4. The van der Waals surface area contributed by atoms with Gasteiger partial charge in [-0.3, -0.25) is 4.79 Å². The minimum atomic E-state index is -0.415. The molecule has 0 bridgehead atoms. The van der Waals surface area contributed by atoms with Gasteiger partial charge in [0, 0.05) is 34.3 Å². The largest absolute Gasteiger partial charge is 0.423 e. The van der Waals surface area contributed by atoms with E-state index < -0.39 is 5.63 Å². The zero-order chi connectivity index (χ0) is 21.7. The van der Waals surface area contributed by atoms with Crippen molar-refractivity contribution in [3.05, 3.63) is 88.4 Å². The highest BCUT2D eigenvalue weighted by atomic mass is 16.5. The number of nitrogens with zero attached hydrogens (tertiary/aromatic N) is 2. The number of carbonyl (C=O) groups excluding carboxylic acids is 1. The summed E-state index contributed by atoms with van der Waals surface area (Å²) in [6.07, 6.45) is 2.10. The highest BCUT2D eigenvalue weighted by Gasteiger charge is 2.29. The molecule has 32 heavy (non-hydrogen) atoms. The summed E-state index contributed by atoms with van der Waals surface area (Å²) < 4.78 is 10.7. The molecule has 3 aromatic heterocycles. The lowest BCUT2D eigenvalue weighted by molar-refractivity contribution is 0.102. The Bertz CT molecular complexity index is 1550. The molecule has 1 N–H and O–H groups in total. The molecule has 0 atom stereocenters. The van der Waals surface area contributed by atoms with Crippen LogP contribution >= 0.6 is 0 Å². The van der Waals surface area contributed by atoms with Crippen LogP contribution in [0, 0.1) is 0 Å². The van der Waals surface area contributed by atoms with Crippen LogP contribution in [0.3, 0.4) is 0 Å². The Kier molecular flexibility index (Phi) is 4.14. The van der Waals surface area contributed by atoms with E-state index in [0.29, 0.717) is 39.5 Å². The number of rotatable bonds is 4. The van der Waals surface area contributed by atoms with Crippen molar-refractivity contribution in [2.24, 2.45) is 0 Å². The molecule has 0 aliphatic heterocycles. The molecule has 1 fully saturated rings. The molecule has 0 spiro atoms. The number of amides is 1. The van der Waals surface area contributed by atoms with E-state index in [0.717, 1.165) is 29.5 Å². The summed E-state index contributed by atoms with van der Waals surface area (Å²) in [6, 6.07) is 19.6. The molecule has 0 saturated heterocycles. The highest BCUT2D eigenvalue weighted by Crippen LogP contribution is 2.41. The maximum absolute atomic E-state index is 13.4. The second-order valence-corrected chi connectivity index (χ2v) is 7.91. The van der Waals surface area contributed by atoms with Gasteiger partial charge in [-0.2, -0.15) is 0 Å². The van der Waals surface area contributed by atoms with E-state index >= 15 is 0 Å². The predicted octanol–water partition coefficient (Wildman–Crippen LogP) is 5.13. The second-order valence-electron chi connectivity index (χ2n) is 7.91. The number of anilines is 1. The van der Waals surface area contributed by atoms with Gasteiger partial charge in [-0.05, 0) is 43.2 Å². The summed E-state index contributed by atoms with van der Waals surface area (Å²) in [4.78, 5) is 29.5. The third-order valence-electron chi connectivity index (χ3n) is 5.63. The molecule has 1 aliphatic rings. The van der Waals surface area contributed by atoms with Crippen molar-refractivity contribution in [3.8, 4) is 11.3 Å². The Labute approximate surface area is 181 Å². The van der Waals surface area contributed by atoms with E-state index in [-0.39, 0.29) is 5.91 Å². The van der Waals surface area contributed by atoms with Crippen LogP contribution in [0.25, 0.3) is 33.3 Å². The maximum atomic E-state index is 13.4. The van der Waals surface area contributed by atoms with Gasteiger partial charge in [-0.25, -0.2) is 9.78 Å². The van der Waals surface area contributed by atoms with Crippen LogP contribution in [-0.2, 0) is 0 Å². The van der Waals surface area contributed by atoms with Crippen molar-refractivity contribution in [1.29, 1.82) is 0 Å². The number of fused-ring (bicyclic) bond motifs is 2. The standard InChI is InChI=1S/C25H17N3O4/c29-21-11-8-16-12-17(9-10-20(16)31-21)26-24(30)18-13-19(14-6-7-14)27-25-22(18)23(28-32-25)15-4-2-1-3-5-15/h1-5,8-14H,6-7H2,(H,26,30). The van der Waals surface area contributed by atoms with Gasteiger partial charge < -0.3 is 14.3 Å². The first-order chi connectivity index (χ1) is 15.7. The number of hydrogen-bond acceptors (Lipinski definition) is 6. The Morgan fingerprint density at radius 2 is 1.84 bits per heavy atom. The van der Waals surface area contributed by atoms with Crippen molar-refractivity contribution in [3.63, 3.8) is 0 Å². The Hall–Kier alpha value is -4.26. The van der Waals surface area contributed by atoms with Crippen LogP contribution in [0.15, 0.2) is 80.5 Å². The average Bonchev–Trinajstić information content (AvgIpc) is 3.58. The zero-order valence-electron chi connectivity index (χ0n) is 16.9. The SMILES string of the molecule is O=C(Nc1ccc2oc(=O)ccc2c1)c1cc(C2CC2)nc2onc(-c3ccccc3)c12. The molecule has 1 amide bonds.